The molecule has 0 saturated heterocycles. The summed E-state index contributed by atoms with van der Waals surface area (Å²) in [7, 11) is -2.07. The molecule has 4 rings (SSSR count). The zero-order valence-electron chi connectivity index (χ0n) is 16.0. The number of rotatable bonds is 7. The average molecular weight is 447 g/mol. The van der Waals surface area contributed by atoms with Gasteiger partial charge < -0.3 is 19.5 Å². The Morgan fingerprint density at radius 1 is 1.17 bits per heavy atom. The van der Waals surface area contributed by atoms with E-state index in [9.17, 15) is 13.2 Å². The minimum absolute atomic E-state index is 0.149. The summed E-state index contributed by atoms with van der Waals surface area (Å²) >= 11 is 1.26. The van der Waals surface area contributed by atoms with Crippen molar-refractivity contribution in [2.24, 2.45) is 0 Å². The van der Waals surface area contributed by atoms with Crippen molar-refractivity contribution in [1.29, 1.82) is 0 Å². The van der Waals surface area contributed by atoms with Gasteiger partial charge in [0.05, 0.1) is 23.5 Å². The molecule has 0 aliphatic carbocycles. The van der Waals surface area contributed by atoms with Crippen LogP contribution in [0.25, 0.3) is 11.3 Å². The maximum atomic E-state index is 12.4. The van der Waals surface area contributed by atoms with Crippen LogP contribution in [0.4, 0.5) is 5.13 Å². The highest BCUT2D eigenvalue weighted by atomic mass is 32.2. The van der Waals surface area contributed by atoms with Crippen molar-refractivity contribution in [2.75, 3.05) is 25.0 Å². The predicted octanol–water partition coefficient (Wildman–Crippen LogP) is 3.35. The lowest BCUT2D eigenvalue weighted by Crippen LogP contribution is -2.17. The van der Waals surface area contributed by atoms with Gasteiger partial charge >= 0.3 is 0 Å². The second-order valence-electron chi connectivity index (χ2n) is 6.40. The van der Waals surface area contributed by atoms with E-state index in [2.05, 4.69) is 10.3 Å². The highest BCUT2D eigenvalue weighted by Gasteiger charge is 2.18. The first-order chi connectivity index (χ1) is 14.4. The highest BCUT2D eigenvalue weighted by Crippen LogP contribution is 2.36. The number of anilines is 1. The molecule has 1 aromatic heterocycles. The predicted molar refractivity (Wildman–Crippen MR) is 112 cm³/mol. The monoisotopic (exact) mass is 446 g/mol. The van der Waals surface area contributed by atoms with E-state index in [0.29, 0.717) is 28.1 Å². The number of carbonyl (C=O) groups is 1. The van der Waals surface area contributed by atoms with E-state index in [0.717, 1.165) is 5.56 Å². The molecule has 1 aliphatic heterocycles. The Kier molecular flexibility index (Phi) is 5.60. The van der Waals surface area contributed by atoms with Crippen LogP contribution < -0.4 is 19.5 Å². The van der Waals surface area contributed by atoms with Crippen molar-refractivity contribution in [3.63, 3.8) is 0 Å². The molecule has 0 bridgehead atoms. The van der Waals surface area contributed by atoms with Crippen LogP contribution in [0.2, 0.25) is 0 Å². The second-order valence-corrected chi connectivity index (χ2v) is 9.37. The Labute approximate surface area is 177 Å². The molecule has 10 heteroatoms. The van der Waals surface area contributed by atoms with Gasteiger partial charge in [0.25, 0.3) is 0 Å². The van der Waals surface area contributed by atoms with Gasteiger partial charge in [-0.05, 0) is 42.5 Å². The van der Waals surface area contributed by atoms with E-state index in [1.54, 1.807) is 23.6 Å². The number of sulfone groups is 1. The fourth-order valence-corrected chi connectivity index (χ4v) is 4.81. The van der Waals surface area contributed by atoms with Gasteiger partial charge in [-0.1, -0.05) is 0 Å². The number of thiazole rings is 1. The van der Waals surface area contributed by atoms with Gasteiger partial charge in [-0.25, -0.2) is 13.4 Å². The molecule has 1 aliphatic rings. The Morgan fingerprint density at radius 2 is 1.93 bits per heavy atom. The maximum absolute atomic E-state index is 12.4. The maximum Gasteiger partial charge on any atom is 0.231 e. The number of hydrogen-bond acceptors (Lipinski definition) is 8. The Hall–Kier alpha value is -3.11. The number of carbonyl (C=O) groups excluding carboxylic acids is 1. The smallest absolute Gasteiger partial charge is 0.231 e. The largest absolute Gasteiger partial charge is 0.497 e. The van der Waals surface area contributed by atoms with Crippen molar-refractivity contribution < 1.29 is 27.4 Å². The molecule has 0 atom stereocenters. The number of amides is 1. The number of methoxy groups -OCH3 is 1. The van der Waals surface area contributed by atoms with Gasteiger partial charge in [0.15, 0.2) is 26.5 Å². The van der Waals surface area contributed by atoms with Crippen LogP contribution in [0, 0.1) is 0 Å². The van der Waals surface area contributed by atoms with Gasteiger partial charge in [-0.3, -0.25) is 4.79 Å². The zero-order chi connectivity index (χ0) is 21.1. The van der Waals surface area contributed by atoms with E-state index in [1.807, 2.05) is 12.1 Å². The van der Waals surface area contributed by atoms with E-state index in [-0.39, 0.29) is 23.9 Å². The Bertz CT molecular complexity index is 1170. The van der Waals surface area contributed by atoms with Gasteiger partial charge in [-0.15, -0.1) is 11.3 Å². The highest BCUT2D eigenvalue weighted by molar-refractivity contribution is 7.91. The topological polar surface area (TPSA) is 104 Å². The zero-order valence-corrected chi connectivity index (χ0v) is 17.6. The van der Waals surface area contributed by atoms with Crippen LogP contribution in [0.5, 0.6) is 17.2 Å². The van der Waals surface area contributed by atoms with Gasteiger partial charge in [-0.2, -0.15) is 0 Å². The molecule has 3 aromatic rings. The standard InChI is InChI=1S/C20H18N2O6S2/c1-26-14-3-5-15(6-4-14)30(24,25)9-8-19(23)22-20-21-16(11-29-20)13-2-7-17-18(10-13)28-12-27-17/h2-7,10-11H,8-9,12H2,1H3,(H,21,22,23). The molecule has 2 aromatic carbocycles. The first-order valence-electron chi connectivity index (χ1n) is 8.97. The number of fused-ring (bicyclic) bond motifs is 1. The molecule has 0 saturated carbocycles. The lowest BCUT2D eigenvalue weighted by Gasteiger charge is -2.06. The third-order valence-corrected chi connectivity index (χ3v) is 6.92. The van der Waals surface area contributed by atoms with Crippen molar-refractivity contribution in [3.8, 4) is 28.5 Å². The van der Waals surface area contributed by atoms with Crippen LogP contribution in [0.1, 0.15) is 6.42 Å². The number of aromatic nitrogens is 1. The van der Waals surface area contributed by atoms with E-state index in [1.165, 1.54) is 30.6 Å². The fraction of sp³-hybridized carbons (Fsp3) is 0.200. The molecule has 0 fully saturated rings. The van der Waals surface area contributed by atoms with Gasteiger partial charge in [0.1, 0.15) is 5.75 Å². The molecule has 8 nitrogen and oxygen atoms in total. The summed E-state index contributed by atoms with van der Waals surface area (Å²) in [5.41, 5.74) is 1.51. The van der Waals surface area contributed by atoms with Crippen LogP contribution >= 0.6 is 11.3 Å². The van der Waals surface area contributed by atoms with Crippen molar-refractivity contribution in [1.82, 2.24) is 4.98 Å². The molecule has 156 valence electrons. The average Bonchev–Trinajstić information content (AvgIpc) is 3.41. The molecule has 0 unspecified atom stereocenters. The summed E-state index contributed by atoms with van der Waals surface area (Å²) in [5, 5.41) is 4.86. The second kappa shape index (κ2) is 8.33. The van der Waals surface area contributed by atoms with E-state index >= 15 is 0 Å². The number of benzene rings is 2. The van der Waals surface area contributed by atoms with Crippen molar-refractivity contribution >= 4 is 32.2 Å². The molecule has 0 radical (unpaired) electrons. The molecular formula is C20H18N2O6S2. The summed E-state index contributed by atoms with van der Waals surface area (Å²) in [4.78, 5) is 16.8. The fourth-order valence-electron chi connectivity index (χ4n) is 2.83. The van der Waals surface area contributed by atoms with Crippen molar-refractivity contribution in [3.05, 3.63) is 47.8 Å². The quantitative estimate of drug-likeness (QED) is 0.593. The lowest BCUT2D eigenvalue weighted by molar-refractivity contribution is -0.115. The van der Waals surface area contributed by atoms with Crippen molar-refractivity contribution in [2.45, 2.75) is 11.3 Å². The summed E-state index contributed by atoms with van der Waals surface area (Å²) in [6, 6.07) is 11.6. The SMILES string of the molecule is COc1ccc(S(=O)(=O)CCC(=O)Nc2nc(-c3ccc4c(c3)OCO4)cs2)cc1. The van der Waals surface area contributed by atoms with Crippen LogP contribution in [0.15, 0.2) is 52.7 Å². The summed E-state index contributed by atoms with van der Waals surface area (Å²) in [6.45, 7) is 0.191. The molecule has 0 spiro atoms. The lowest BCUT2D eigenvalue weighted by atomic mass is 10.1. The van der Waals surface area contributed by atoms with E-state index < -0.39 is 15.7 Å². The molecule has 1 amide bonds. The number of nitrogens with zero attached hydrogens (tertiary/aromatic N) is 1. The van der Waals surface area contributed by atoms with E-state index in [4.69, 9.17) is 14.2 Å². The molecule has 30 heavy (non-hydrogen) atoms. The van der Waals surface area contributed by atoms with Crippen LogP contribution in [-0.2, 0) is 14.6 Å². The minimum atomic E-state index is -3.58. The normalized spacial score (nSPS) is 12.6. The Balaban J connectivity index is 1.36. The Morgan fingerprint density at radius 3 is 2.70 bits per heavy atom. The number of nitrogens with one attached hydrogen (secondary N) is 1. The minimum Gasteiger partial charge on any atom is -0.497 e. The molecular weight excluding hydrogens is 428 g/mol. The summed E-state index contributed by atoms with van der Waals surface area (Å²) < 4.78 is 40.5. The summed E-state index contributed by atoms with van der Waals surface area (Å²) in [6.07, 6.45) is -0.173. The summed E-state index contributed by atoms with van der Waals surface area (Å²) in [5.74, 6) is 1.17. The third kappa shape index (κ3) is 4.39. The molecule has 2 heterocycles. The third-order valence-electron chi connectivity index (χ3n) is 4.44. The van der Waals surface area contributed by atoms with Crippen LogP contribution in [-0.4, -0.2) is 39.0 Å². The first-order valence-corrected chi connectivity index (χ1v) is 11.5. The molecule has 1 N–H and O–H groups in total. The number of hydrogen-bond donors (Lipinski definition) is 1. The van der Waals surface area contributed by atoms with Gasteiger partial charge in [0.2, 0.25) is 12.7 Å². The van der Waals surface area contributed by atoms with Crippen LogP contribution in [0.3, 0.4) is 0 Å². The number of ether oxygens (including phenoxy) is 3. The van der Waals surface area contributed by atoms with Gasteiger partial charge in [0, 0.05) is 17.4 Å². The first kappa shape index (κ1) is 20.2.